The highest BCUT2D eigenvalue weighted by atomic mass is 35.5. The lowest BCUT2D eigenvalue weighted by Crippen LogP contribution is -2.48. The van der Waals surface area contributed by atoms with Crippen molar-refractivity contribution in [2.24, 2.45) is 7.05 Å². The van der Waals surface area contributed by atoms with Gasteiger partial charge in [0.2, 0.25) is 0 Å². The summed E-state index contributed by atoms with van der Waals surface area (Å²) in [7, 11) is 0.770. The van der Waals surface area contributed by atoms with Gasteiger partial charge in [0.05, 0.1) is 38.4 Å². The minimum Gasteiger partial charge on any atom is -0.394 e. The van der Waals surface area contributed by atoms with Crippen LogP contribution in [-0.4, -0.2) is 60.3 Å². The van der Waals surface area contributed by atoms with Crippen molar-refractivity contribution in [3.63, 3.8) is 0 Å². The number of fused-ring (bicyclic) bond motifs is 1. The molecule has 0 bridgehead atoms. The van der Waals surface area contributed by atoms with Crippen LogP contribution in [0.15, 0.2) is 29.6 Å². The summed E-state index contributed by atoms with van der Waals surface area (Å²) in [4.78, 5) is 16.9. The van der Waals surface area contributed by atoms with E-state index < -0.39 is 10.8 Å². The van der Waals surface area contributed by atoms with Crippen molar-refractivity contribution in [1.82, 2.24) is 19.5 Å². The zero-order valence-corrected chi connectivity index (χ0v) is 20.5. The Balaban J connectivity index is 1.50. The molecule has 4 heterocycles. The second-order valence-corrected chi connectivity index (χ2v) is 10.9. The van der Waals surface area contributed by atoms with E-state index in [1.54, 1.807) is 18.6 Å². The van der Waals surface area contributed by atoms with Crippen molar-refractivity contribution >= 4 is 44.9 Å². The smallest absolute Gasteiger partial charge is 0.155 e. The quantitative estimate of drug-likeness (QED) is 0.548. The number of nitrogens with zero attached hydrogens (tertiary/aromatic N) is 5. The Morgan fingerprint density at radius 1 is 1.27 bits per heavy atom. The molecule has 2 fully saturated rings. The molecule has 10 heteroatoms. The largest absolute Gasteiger partial charge is 0.394 e. The molecule has 8 nitrogen and oxygen atoms in total. The third-order valence-corrected chi connectivity index (χ3v) is 8.23. The lowest BCUT2D eigenvalue weighted by Gasteiger charge is -2.42. The molecule has 0 aromatic carbocycles. The third-order valence-electron chi connectivity index (χ3n) is 7.05. The summed E-state index contributed by atoms with van der Waals surface area (Å²) >= 11 is 5.95. The average Bonchev–Trinajstić information content (AvgIpc) is 3.17. The average molecular weight is 489 g/mol. The molecular weight excluding hydrogens is 460 g/mol. The molecule has 3 aromatic rings. The summed E-state index contributed by atoms with van der Waals surface area (Å²) in [5.41, 5.74) is 0.610. The molecule has 0 unspecified atom stereocenters. The van der Waals surface area contributed by atoms with Crippen molar-refractivity contribution in [1.29, 1.82) is 0 Å². The number of hydrogen-bond acceptors (Lipinski definition) is 7. The molecule has 2 N–H and O–H groups in total. The Hall–Kier alpha value is -2.23. The Labute approximate surface area is 200 Å². The number of aliphatic hydroxyl groups is 1. The lowest BCUT2D eigenvalue weighted by atomic mass is 9.77. The number of aryl methyl sites for hydroxylation is 1. The maximum atomic E-state index is 12.8. The maximum absolute atomic E-state index is 12.8. The van der Waals surface area contributed by atoms with Crippen LogP contribution in [0.5, 0.6) is 0 Å². The fraction of sp³-hybridized carbons (Fsp3) is 0.522. The Morgan fingerprint density at radius 3 is 2.55 bits per heavy atom. The van der Waals surface area contributed by atoms with Crippen LogP contribution in [0, 0.1) is 0 Å². The van der Waals surface area contributed by atoms with Crippen LogP contribution in [-0.2, 0) is 17.8 Å². The van der Waals surface area contributed by atoms with E-state index in [1.165, 1.54) is 0 Å². The highest BCUT2D eigenvalue weighted by Gasteiger charge is 2.38. The van der Waals surface area contributed by atoms with Crippen LogP contribution in [0.1, 0.15) is 43.8 Å². The van der Waals surface area contributed by atoms with Crippen LogP contribution < -0.4 is 10.2 Å². The molecular formula is C23H29ClN6O2S. The van der Waals surface area contributed by atoms with Crippen LogP contribution in [0.25, 0.3) is 10.9 Å². The lowest BCUT2D eigenvalue weighted by molar-refractivity contribution is 0.143. The summed E-state index contributed by atoms with van der Waals surface area (Å²) < 4.78 is 14.9. The first-order valence-electron chi connectivity index (χ1n) is 11.3. The first-order valence-corrected chi connectivity index (χ1v) is 13.3. The van der Waals surface area contributed by atoms with Gasteiger partial charge in [-0.2, -0.15) is 0 Å². The topological polar surface area (TPSA) is 96.2 Å². The number of halogens is 1. The monoisotopic (exact) mass is 488 g/mol. The van der Waals surface area contributed by atoms with E-state index in [1.807, 2.05) is 19.3 Å². The third kappa shape index (κ3) is 4.11. The molecule has 5 rings (SSSR count). The van der Waals surface area contributed by atoms with E-state index in [9.17, 15) is 9.32 Å². The fourth-order valence-corrected chi connectivity index (χ4v) is 5.93. The Morgan fingerprint density at radius 2 is 1.97 bits per heavy atom. The minimum atomic E-state index is -1.23. The molecule has 0 amide bonds. The maximum Gasteiger partial charge on any atom is 0.155 e. The molecule has 176 valence electrons. The number of piperidine rings is 1. The summed E-state index contributed by atoms with van der Waals surface area (Å²) in [5, 5.41) is 15.0. The molecule has 0 spiro atoms. The Kier molecular flexibility index (Phi) is 6.05. The highest BCUT2D eigenvalue weighted by Crippen LogP contribution is 2.41. The van der Waals surface area contributed by atoms with Crippen molar-refractivity contribution in [2.45, 2.75) is 48.5 Å². The van der Waals surface area contributed by atoms with Gasteiger partial charge < -0.3 is 19.9 Å². The number of nitrogens with one attached hydrogen (secondary N) is 1. The van der Waals surface area contributed by atoms with Gasteiger partial charge >= 0.3 is 0 Å². The van der Waals surface area contributed by atoms with Gasteiger partial charge in [0, 0.05) is 56.3 Å². The molecule has 0 radical (unpaired) electrons. The highest BCUT2D eigenvalue weighted by molar-refractivity contribution is 7.84. The molecule has 1 atom stereocenters. The van der Waals surface area contributed by atoms with Gasteiger partial charge in [0.1, 0.15) is 11.6 Å². The van der Waals surface area contributed by atoms with Crippen LogP contribution in [0.3, 0.4) is 0 Å². The van der Waals surface area contributed by atoms with Crippen LogP contribution in [0.4, 0.5) is 11.6 Å². The standard InChI is InChI=1S/C23H29ClN6O2S/c1-29-9-6-17-18(29)22(27-21(19(17)33(2)32)28-23(14-31)7-3-8-23)30-10-4-15(5-11-30)20-25-12-16(24)13-26-20/h6,9,12-13,15,31H,3-5,7-8,10-11,14H2,1-2H3,(H,27,28)/t33-/m1/s1. The number of hydrogen-bond donors (Lipinski definition) is 2. The predicted molar refractivity (Wildman–Crippen MR) is 132 cm³/mol. The minimum absolute atomic E-state index is 0.0408. The number of aromatic nitrogens is 4. The zero-order chi connectivity index (χ0) is 23.2. The van der Waals surface area contributed by atoms with Gasteiger partial charge in [-0.25, -0.2) is 15.0 Å². The summed E-state index contributed by atoms with van der Waals surface area (Å²) in [6.07, 6.45) is 11.7. The van der Waals surface area contributed by atoms with Crippen LogP contribution >= 0.6 is 11.6 Å². The molecule has 3 aromatic heterocycles. The van der Waals surface area contributed by atoms with Crippen molar-refractivity contribution < 1.29 is 9.32 Å². The van der Waals surface area contributed by atoms with Gasteiger partial charge in [-0.1, -0.05) is 11.6 Å². The molecule has 1 saturated carbocycles. The normalized spacial score (nSPS) is 19.5. The number of aliphatic hydroxyl groups excluding tert-OH is 1. The number of pyridine rings is 1. The van der Waals surface area contributed by atoms with Gasteiger partial charge in [-0.05, 0) is 38.2 Å². The predicted octanol–water partition coefficient (Wildman–Crippen LogP) is 3.47. The Bertz CT molecular complexity index is 1180. The van der Waals surface area contributed by atoms with Crippen LogP contribution in [0.2, 0.25) is 5.02 Å². The van der Waals surface area contributed by atoms with Crippen molar-refractivity contribution in [3.8, 4) is 0 Å². The van der Waals surface area contributed by atoms with E-state index in [2.05, 4.69) is 24.8 Å². The van der Waals surface area contributed by atoms with E-state index in [4.69, 9.17) is 16.6 Å². The summed E-state index contributed by atoms with van der Waals surface area (Å²) in [6, 6.07) is 2.02. The van der Waals surface area contributed by atoms with Gasteiger partial charge in [-0.15, -0.1) is 0 Å². The van der Waals surface area contributed by atoms with Crippen molar-refractivity contribution in [3.05, 3.63) is 35.5 Å². The molecule has 1 aliphatic heterocycles. The fourth-order valence-electron chi connectivity index (χ4n) is 4.98. The molecule has 1 saturated heterocycles. The second kappa shape index (κ2) is 8.85. The molecule has 33 heavy (non-hydrogen) atoms. The van der Waals surface area contributed by atoms with Gasteiger partial charge in [-0.3, -0.25) is 4.21 Å². The van der Waals surface area contributed by atoms with E-state index in [0.717, 1.165) is 67.7 Å². The first-order chi connectivity index (χ1) is 15.9. The van der Waals surface area contributed by atoms with E-state index in [0.29, 0.717) is 15.7 Å². The molecule has 1 aliphatic carbocycles. The molecule has 2 aliphatic rings. The number of rotatable bonds is 6. The van der Waals surface area contributed by atoms with E-state index >= 15 is 0 Å². The first kappa shape index (κ1) is 22.6. The summed E-state index contributed by atoms with van der Waals surface area (Å²) in [6.45, 7) is 1.69. The summed E-state index contributed by atoms with van der Waals surface area (Å²) in [5.74, 6) is 2.64. The number of anilines is 2. The van der Waals surface area contributed by atoms with Gasteiger partial charge in [0.25, 0.3) is 0 Å². The van der Waals surface area contributed by atoms with E-state index in [-0.39, 0.29) is 18.1 Å². The van der Waals surface area contributed by atoms with Crippen molar-refractivity contribution in [2.75, 3.05) is 36.2 Å². The zero-order valence-electron chi connectivity index (χ0n) is 18.9. The van der Waals surface area contributed by atoms with Gasteiger partial charge in [0.15, 0.2) is 5.82 Å². The second-order valence-electron chi connectivity index (χ2n) is 9.19. The SMILES string of the molecule is Cn1ccc2c([S@@](C)=O)c(NC3(CO)CCC3)nc(N3CCC(c4ncc(Cl)cn4)CC3)c21.